The molecule has 1 aliphatic heterocycles. The number of hydrogen-bond acceptors (Lipinski definition) is 3. The van der Waals surface area contributed by atoms with Gasteiger partial charge in [0.05, 0.1) is 17.0 Å². The summed E-state index contributed by atoms with van der Waals surface area (Å²) in [4.78, 5) is 2.36. The molecule has 1 fully saturated rings. The van der Waals surface area contributed by atoms with E-state index in [2.05, 4.69) is 34.5 Å². The third-order valence-corrected chi connectivity index (χ3v) is 4.18. The third kappa shape index (κ3) is 2.32. The Labute approximate surface area is 109 Å². The van der Waals surface area contributed by atoms with Crippen LogP contribution in [0.3, 0.4) is 0 Å². The van der Waals surface area contributed by atoms with Crippen molar-refractivity contribution in [2.24, 2.45) is 0 Å². The predicted molar refractivity (Wildman–Crippen MR) is 75.2 cm³/mol. The van der Waals surface area contributed by atoms with Crippen molar-refractivity contribution in [1.82, 2.24) is 0 Å². The van der Waals surface area contributed by atoms with Crippen molar-refractivity contribution in [2.45, 2.75) is 37.7 Å². The molecule has 0 saturated heterocycles. The summed E-state index contributed by atoms with van der Waals surface area (Å²) in [5.41, 5.74) is 1.99. The average molecular weight is 246 g/mol. The van der Waals surface area contributed by atoms with Gasteiger partial charge < -0.3 is 15.3 Å². The van der Waals surface area contributed by atoms with E-state index in [1.807, 2.05) is 0 Å². The summed E-state index contributed by atoms with van der Waals surface area (Å²) < 4.78 is 0. The second-order valence-electron chi connectivity index (χ2n) is 5.65. The van der Waals surface area contributed by atoms with Crippen LogP contribution < -0.4 is 10.2 Å². The van der Waals surface area contributed by atoms with Crippen LogP contribution in [-0.4, -0.2) is 30.3 Å². The summed E-state index contributed by atoms with van der Waals surface area (Å²) in [5.74, 6) is 0. The van der Waals surface area contributed by atoms with Gasteiger partial charge in [0, 0.05) is 19.6 Å². The zero-order chi connectivity index (χ0) is 12.4. The van der Waals surface area contributed by atoms with Gasteiger partial charge in [-0.05, 0) is 31.4 Å². The maximum Gasteiger partial charge on any atom is 0.0821 e. The minimum Gasteiger partial charge on any atom is -0.388 e. The largest absolute Gasteiger partial charge is 0.388 e. The van der Waals surface area contributed by atoms with Crippen LogP contribution in [0.25, 0.3) is 0 Å². The number of anilines is 2. The van der Waals surface area contributed by atoms with Gasteiger partial charge in [-0.3, -0.25) is 0 Å². The van der Waals surface area contributed by atoms with Crippen LogP contribution in [-0.2, 0) is 0 Å². The molecule has 3 nitrogen and oxygen atoms in total. The molecule has 98 valence electrons. The Hall–Kier alpha value is -1.22. The second-order valence-corrected chi connectivity index (χ2v) is 5.65. The molecule has 3 heteroatoms. The number of benzene rings is 1. The summed E-state index contributed by atoms with van der Waals surface area (Å²) >= 11 is 0. The highest BCUT2D eigenvalue weighted by Gasteiger charge is 2.33. The summed E-state index contributed by atoms with van der Waals surface area (Å²) in [6.07, 6.45) is 5.39. The van der Waals surface area contributed by atoms with Crippen LogP contribution in [0.2, 0.25) is 0 Å². The van der Waals surface area contributed by atoms with E-state index in [4.69, 9.17) is 0 Å². The lowest BCUT2D eigenvalue weighted by Crippen LogP contribution is -2.41. The SMILES string of the molecule is OC1(CN2CCCNc3ccccc32)CCCC1. The van der Waals surface area contributed by atoms with Crippen molar-refractivity contribution in [3.05, 3.63) is 24.3 Å². The minimum absolute atomic E-state index is 0.461. The van der Waals surface area contributed by atoms with Crippen molar-refractivity contribution in [2.75, 3.05) is 29.9 Å². The quantitative estimate of drug-likeness (QED) is 0.842. The Bertz CT molecular complexity index is 413. The van der Waals surface area contributed by atoms with Gasteiger partial charge in [-0.15, -0.1) is 0 Å². The fourth-order valence-electron chi connectivity index (χ4n) is 3.22. The molecular formula is C15H22N2O. The normalized spacial score (nSPS) is 22.2. The van der Waals surface area contributed by atoms with E-state index in [1.165, 1.54) is 24.2 Å². The standard InChI is InChI=1S/C15H22N2O/c18-15(8-3-4-9-15)12-17-11-5-10-16-13-6-1-2-7-14(13)17/h1-2,6-7,16,18H,3-5,8-12H2. The van der Waals surface area contributed by atoms with E-state index < -0.39 is 5.60 Å². The van der Waals surface area contributed by atoms with E-state index in [0.717, 1.165) is 38.9 Å². The first-order valence-corrected chi connectivity index (χ1v) is 7.07. The number of nitrogens with zero attached hydrogens (tertiary/aromatic N) is 1. The summed E-state index contributed by atoms with van der Waals surface area (Å²) in [6, 6.07) is 8.44. The van der Waals surface area contributed by atoms with Gasteiger partial charge >= 0.3 is 0 Å². The minimum atomic E-state index is -0.461. The Morgan fingerprint density at radius 2 is 1.94 bits per heavy atom. The molecule has 1 aromatic rings. The topological polar surface area (TPSA) is 35.5 Å². The lowest BCUT2D eigenvalue weighted by molar-refractivity contribution is 0.0548. The third-order valence-electron chi connectivity index (χ3n) is 4.18. The highest BCUT2D eigenvalue weighted by atomic mass is 16.3. The molecule has 3 rings (SSSR count). The predicted octanol–water partition coefficient (Wildman–Crippen LogP) is 2.61. The number of aliphatic hydroxyl groups is 1. The van der Waals surface area contributed by atoms with Crippen molar-refractivity contribution >= 4 is 11.4 Å². The first-order valence-electron chi connectivity index (χ1n) is 7.07. The van der Waals surface area contributed by atoms with Crippen LogP contribution >= 0.6 is 0 Å². The smallest absolute Gasteiger partial charge is 0.0821 e. The van der Waals surface area contributed by atoms with Crippen molar-refractivity contribution in [3.8, 4) is 0 Å². The highest BCUT2D eigenvalue weighted by Crippen LogP contribution is 2.34. The molecule has 2 N–H and O–H groups in total. The molecule has 0 aromatic heterocycles. The Balaban J connectivity index is 1.83. The summed E-state index contributed by atoms with van der Waals surface area (Å²) in [7, 11) is 0. The lowest BCUT2D eigenvalue weighted by atomic mass is 10.0. The van der Waals surface area contributed by atoms with Crippen LogP contribution in [0.4, 0.5) is 11.4 Å². The highest BCUT2D eigenvalue weighted by molar-refractivity contribution is 5.70. The molecule has 0 bridgehead atoms. The molecular weight excluding hydrogens is 224 g/mol. The van der Waals surface area contributed by atoms with Gasteiger partial charge in [0.25, 0.3) is 0 Å². The summed E-state index contributed by atoms with van der Waals surface area (Å²) in [6.45, 7) is 2.84. The van der Waals surface area contributed by atoms with Crippen molar-refractivity contribution in [1.29, 1.82) is 0 Å². The molecule has 1 aliphatic carbocycles. The monoisotopic (exact) mass is 246 g/mol. The molecule has 0 spiro atoms. The Morgan fingerprint density at radius 1 is 1.17 bits per heavy atom. The van der Waals surface area contributed by atoms with E-state index in [-0.39, 0.29) is 0 Å². The number of hydrogen-bond donors (Lipinski definition) is 2. The molecule has 1 saturated carbocycles. The molecule has 0 unspecified atom stereocenters. The molecule has 0 radical (unpaired) electrons. The van der Waals surface area contributed by atoms with Crippen LogP contribution in [0.1, 0.15) is 32.1 Å². The van der Waals surface area contributed by atoms with E-state index in [9.17, 15) is 5.11 Å². The van der Waals surface area contributed by atoms with Crippen LogP contribution in [0.5, 0.6) is 0 Å². The van der Waals surface area contributed by atoms with Gasteiger partial charge in [0.2, 0.25) is 0 Å². The van der Waals surface area contributed by atoms with E-state index >= 15 is 0 Å². The molecule has 0 atom stereocenters. The average Bonchev–Trinajstić information content (AvgIpc) is 2.70. The summed E-state index contributed by atoms with van der Waals surface area (Å²) in [5, 5.41) is 14.1. The second kappa shape index (κ2) is 4.81. The van der Waals surface area contributed by atoms with Gasteiger partial charge in [-0.1, -0.05) is 25.0 Å². The molecule has 2 aliphatic rings. The molecule has 18 heavy (non-hydrogen) atoms. The molecule has 1 heterocycles. The van der Waals surface area contributed by atoms with Gasteiger partial charge in [-0.2, -0.15) is 0 Å². The maximum absolute atomic E-state index is 10.6. The first kappa shape index (κ1) is 11.8. The van der Waals surface area contributed by atoms with Crippen molar-refractivity contribution in [3.63, 3.8) is 0 Å². The van der Waals surface area contributed by atoms with Crippen LogP contribution in [0, 0.1) is 0 Å². The number of β-amino-alcohol motifs (C(OH)–C–C–N with tert-alkyl or cyclic N) is 1. The number of rotatable bonds is 2. The zero-order valence-corrected chi connectivity index (χ0v) is 10.9. The van der Waals surface area contributed by atoms with Crippen LogP contribution in [0.15, 0.2) is 24.3 Å². The van der Waals surface area contributed by atoms with E-state index in [0.29, 0.717) is 0 Å². The number of nitrogens with one attached hydrogen (secondary N) is 1. The van der Waals surface area contributed by atoms with Gasteiger partial charge in [0.1, 0.15) is 0 Å². The van der Waals surface area contributed by atoms with E-state index in [1.54, 1.807) is 0 Å². The zero-order valence-electron chi connectivity index (χ0n) is 10.9. The first-order chi connectivity index (χ1) is 8.77. The van der Waals surface area contributed by atoms with Gasteiger partial charge in [0.15, 0.2) is 0 Å². The Kier molecular flexibility index (Phi) is 3.16. The van der Waals surface area contributed by atoms with Gasteiger partial charge in [-0.25, -0.2) is 0 Å². The lowest BCUT2D eigenvalue weighted by Gasteiger charge is -2.32. The number of para-hydroxylation sites is 2. The van der Waals surface area contributed by atoms with Crippen molar-refractivity contribution < 1.29 is 5.11 Å². The fourth-order valence-corrected chi connectivity index (χ4v) is 3.22. The Morgan fingerprint density at radius 3 is 2.78 bits per heavy atom. The number of fused-ring (bicyclic) bond motifs is 1. The molecule has 0 amide bonds. The molecule has 1 aromatic carbocycles. The fraction of sp³-hybridized carbons (Fsp3) is 0.600. The maximum atomic E-state index is 10.6.